The second-order valence-electron chi connectivity index (χ2n) is 7.39. The third-order valence-electron chi connectivity index (χ3n) is 5.71. The molecule has 2 heterocycles. The maximum absolute atomic E-state index is 13.1. The van der Waals surface area contributed by atoms with Gasteiger partial charge in [-0.3, -0.25) is 4.98 Å². The number of nitrogens with zero attached hydrogens (tertiary/aromatic N) is 4. The van der Waals surface area contributed by atoms with Crippen LogP contribution in [0, 0.1) is 0 Å². The van der Waals surface area contributed by atoms with E-state index in [2.05, 4.69) is 14.9 Å². The van der Waals surface area contributed by atoms with Gasteiger partial charge in [0.25, 0.3) is 0 Å². The molecule has 3 aromatic rings. The van der Waals surface area contributed by atoms with Crippen LogP contribution < -0.4 is 4.90 Å². The number of hydrogen-bond acceptors (Lipinski definition) is 5. The largest absolute Gasteiger partial charge is 0.353 e. The molecule has 0 atom stereocenters. The third-order valence-corrected chi connectivity index (χ3v) is 7.60. The molecule has 6 nitrogen and oxygen atoms in total. The van der Waals surface area contributed by atoms with Gasteiger partial charge in [-0.2, -0.15) is 4.31 Å². The van der Waals surface area contributed by atoms with E-state index in [9.17, 15) is 8.42 Å². The maximum Gasteiger partial charge on any atom is 0.243 e. The number of fused-ring (bicyclic) bond motifs is 2. The van der Waals surface area contributed by atoms with Gasteiger partial charge in [0.2, 0.25) is 10.0 Å². The summed E-state index contributed by atoms with van der Waals surface area (Å²) in [6.07, 6.45) is 4.92. The fourth-order valence-electron chi connectivity index (χ4n) is 4.12. The van der Waals surface area contributed by atoms with E-state index < -0.39 is 10.0 Å². The molecule has 0 radical (unpaired) electrons. The summed E-state index contributed by atoms with van der Waals surface area (Å²) in [5.74, 6) is 0.799. The zero-order chi connectivity index (χ0) is 19.1. The SMILES string of the molecule is O=S(=O)(c1ccc2c(c1)CCC2)N1CCN(c2cnc3ccccc3n2)CC1. The van der Waals surface area contributed by atoms with E-state index in [-0.39, 0.29) is 0 Å². The number of sulfonamides is 1. The molecule has 2 aromatic carbocycles. The Labute approximate surface area is 164 Å². The van der Waals surface area contributed by atoms with Gasteiger partial charge in [-0.1, -0.05) is 18.2 Å². The molecule has 144 valence electrons. The van der Waals surface area contributed by atoms with Crippen molar-refractivity contribution in [3.05, 3.63) is 59.8 Å². The highest BCUT2D eigenvalue weighted by Crippen LogP contribution is 2.27. The molecule has 0 saturated carbocycles. The highest BCUT2D eigenvalue weighted by atomic mass is 32.2. The molecule has 7 heteroatoms. The number of aryl methyl sites for hydroxylation is 2. The number of hydrogen-bond donors (Lipinski definition) is 0. The fourth-order valence-corrected chi connectivity index (χ4v) is 5.59. The predicted octanol–water partition coefficient (Wildman–Crippen LogP) is 2.63. The molecule has 1 fully saturated rings. The van der Waals surface area contributed by atoms with Crippen LogP contribution in [0.15, 0.2) is 53.6 Å². The van der Waals surface area contributed by atoms with Crippen LogP contribution in [-0.2, 0) is 22.9 Å². The molecule has 1 saturated heterocycles. The van der Waals surface area contributed by atoms with Crippen molar-refractivity contribution in [3.63, 3.8) is 0 Å². The molecule has 0 unspecified atom stereocenters. The first kappa shape index (κ1) is 17.6. The Morgan fingerprint density at radius 3 is 2.43 bits per heavy atom. The quantitative estimate of drug-likeness (QED) is 0.683. The van der Waals surface area contributed by atoms with Crippen LogP contribution in [0.4, 0.5) is 5.82 Å². The smallest absolute Gasteiger partial charge is 0.243 e. The van der Waals surface area contributed by atoms with Gasteiger partial charge in [-0.05, 0) is 54.7 Å². The topological polar surface area (TPSA) is 66.4 Å². The van der Waals surface area contributed by atoms with Gasteiger partial charge < -0.3 is 4.90 Å². The van der Waals surface area contributed by atoms with Crippen LogP contribution >= 0.6 is 0 Å². The van der Waals surface area contributed by atoms with Crippen molar-refractivity contribution in [2.75, 3.05) is 31.1 Å². The standard InChI is InChI=1S/C21H22N4O2S/c26-28(27,18-9-8-16-4-3-5-17(16)14-18)25-12-10-24(11-13-25)21-15-22-19-6-1-2-7-20(19)23-21/h1-2,6-9,14-15H,3-5,10-13H2. The van der Waals surface area contributed by atoms with E-state index in [0.29, 0.717) is 31.1 Å². The number of anilines is 1. The summed E-state index contributed by atoms with van der Waals surface area (Å²) in [5.41, 5.74) is 4.20. The van der Waals surface area contributed by atoms with Gasteiger partial charge in [0, 0.05) is 26.2 Å². The van der Waals surface area contributed by atoms with E-state index in [0.717, 1.165) is 36.1 Å². The first-order valence-electron chi connectivity index (χ1n) is 9.70. The van der Waals surface area contributed by atoms with E-state index >= 15 is 0 Å². The first-order valence-corrected chi connectivity index (χ1v) is 11.1. The molecule has 1 aliphatic heterocycles. The number of aromatic nitrogens is 2. The highest BCUT2D eigenvalue weighted by molar-refractivity contribution is 7.89. The molecule has 1 aromatic heterocycles. The summed E-state index contributed by atoms with van der Waals surface area (Å²) < 4.78 is 27.8. The first-order chi connectivity index (χ1) is 13.6. The molecule has 0 spiro atoms. The van der Waals surface area contributed by atoms with Crippen LogP contribution in [0.5, 0.6) is 0 Å². The normalized spacial score (nSPS) is 17.8. The number of para-hydroxylation sites is 2. The maximum atomic E-state index is 13.1. The van der Waals surface area contributed by atoms with Crippen molar-refractivity contribution in [1.82, 2.24) is 14.3 Å². The van der Waals surface area contributed by atoms with Crippen molar-refractivity contribution in [1.29, 1.82) is 0 Å². The van der Waals surface area contributed by atoms with Crippen LogP contribution in [0.3, 0.4) is 0 Å². The Kier molecular flexibility index (Phi) is 4.29. The Hall–Kier alpha value is -2.51. The number of piperazine rings is 1. The van der Waals surface area contributed by atoms with E-state index in [1.165, 1.54) is 11.1 Å². The lowest BCUT2D eigenvalue weighted by Gasteiger charge is -2.34. The lowest BCUT2D eigenvalue weighted by Crippen LogP contribution is -2.49. The molecule has 5 rings (SSSR count). The molecule has 28 heavy (non-hydrogen) atoms. The Morgan fingerprint density at radius 2 is 1.61 bits per heavy atom. The van der Waals surface area contributed by atoms with Gasteiger partial charge in [-0.15, -0.1) is 0 Å². The van der Waals surface area contributed by atoms with E-state index in [4.69, 9.17) is 0 Å². The summed E-state index contributed by atoms with van der Waals surface area (Å²) in [7, 11) is -3.45. The summed E-state index contributed by atoms with van der Waals surface area (Å²) in [6.45, 7) is 2.12. The summed E-state index contributed by atoms with van der Waals surface area (Å²) >= 11 is 0. The average Bonchev–Trinajstić information content (AvgIpc) is 3.21. The lowest BCUT2D eigenvalue weighted by atomic mass is 10.1. The van der Waals surface area contributed by atoms with E-state index in [1.54, 1.807) is 16.6 Å². The van der Waals surface area contributed by atoms with Gasteiger partial charge >= 0.3 is 0 Å². The van der Waals surface area contributed by atoms with Crippen molar-refractivity contribution in [2.24, 2.45) is 0 Å². The second kappa shape index (κ2) is 6.83. The highest BCUT2D eigenvalue weighted by Gasteiger charge is 2.30. The van der Waals surface area contributed by atoms with Gasteiger partial charge in [0.1, 0.15) is 5.82 Å². The van der Waals surface area contributed by atoms with Crippen LogP contribution in [0.2, 0.25) is 0 Å². The van der Waals surface area contributed by atoms with Crippen molar-refractivity contribution < 1.29 is 8.42 Å². The van der Waals surface area contributed by atoms with Gasteiger partial charge in [0.05, 0.1) is 22.1 Å². The van der Waals surface area contributed by atoms with Crippen LogP contribution in [0.25, 0.3) is 11.0 Å². The zero-order valence-corrected chi connectivity index (χ0v) is 16.4. The molecular weight excluding hydrogens is 372 g/mol. The average molecular weight is 395 g/mol. The zero-order valence-electron chi connectivity index (χ0n) is 15.6. The molecule has 0 amide bonds. The van der Waals surface area contributed by atoms with E-state index in [1.807, 2.05) is 36.4 Å². The number of rotatable bonds is 3. The summed E-state index contributed by atoms with van der Waals surface area (Å²) in [5, 5.41) is 0. The predicted molar refractivity (Wildman–Crippen MR) is 109 cm³/mol. The van der Waals surface area contributed by atoms with Crippen LogP contribution in [-0.4, -0.2) is 48.9 Å². The monoisotopic (exact) mass is 394 g/mol. The van der Waals surface area contributed by atoms with Crippen molar-refractivity contribution in [3.8, 4) is 0 Å². The van der Waals surface area contributed by atoms with Gasteiger partial charge in [0.15, 0.2) is 0 Å². The summed E-state index contributed by atoms with van der Waals surface area (Å²) in [6, 6.07) is 13.4. The lowest BCUT2D eigenvalue weighted by molar-refractivity contribution is 0.384. The Bertz CT molecular complexity index is 1140. The minimum Gasteiger partial charge on any atom is -0.353 e. The summed E-state index contributed by atoms with van der Waals surface area (Å²) in [4.78, 5) is 11.7. The minimum absolute atomic E-state index is 0.423. The molecule has 1 aliphatic carbocycles. The minimum atomic E-state index is -3.45. The number of benzene rings is 2. The fraction of sp³-hybridized carbons (Fsp3) is 0.333. The van der Waals surface area contributed by atoms with Crippen LogP contribution in [0.1, 0.15) is 17.5 Å². The van der Waals surface area contributed by atoms with Gasteiger partial charge in [-0.25, -0.2) is 13.4 Å². The molecular formula is C21H22N4O2S. The molecule has 0 N–H and O–H groups in total. The van der Waals surface area contributed by atoms with Crippen molar-refractivity contribution in [2.45, 2.75) is 24.2 Å². The Morgan fingerprint density at radius 1 is 0.857 bits per heavy atom. The third kappa shape index (κ3) is 3.04. The second-order valence-corrected chi connectivity index (χ2v) is 9.33. The Balaban J connectivity index is 1.33. The van der Waals surface area contributed by atoms with Crippen molar-refractivity contribution >= 4 is 26.9 Å². The molecule has 2 aliphatic rings. The molecule has 0 bridgehead atoms.